The molecule has 90 valence electrons. The van der Waals surface area contributed by atoms with Crippen LogP contribution < -0.4 is 0 Å². The Morgan fingerprint density at radius 1 is 1.18 bits per heavy atom. The first kappa shape index (κ1) is 12.0. The van der Waals surface area contributed by atoms with Crippen molar-refractivity contribution in [2.45, 2.75) is 11.3 Å². The van der Waals surface area contributed by atoms with Crippen molar-refractivity contribution in [3.8, 4) is 5.69 Å². The maximum atomic E-state index is 12.5. The summed E-state index contributed by atoms with van der Waals surface area (Å²) < 4.78 is 39.1. The summed E-state index contributed by atoms with van der Waals surface area (Å²) in [6, 6.07) is 8.83. The monoisotopic (exact) mass is 258 g/mol. The molecule has 0 N–H and O–H groups in total. The number of hydrogen-bond donors (Lipinski definition) is 0. The molecule has 0 saturated carbocycles. The van der Waals surface area contributed by atoms with E-state index in [0.717, 1.165) is 6.20 Å². The lowest BCUT2D eigenvalue weighted by atomic mass is 10.3. The van der Waals surface area contributed by atoms with E-state index in [9.17, 15) is 13.2 Å². The van der Waals surface area contributed by atoms with E-state index in [1.54, 1.807) is 30.5 Å². The second kappa shape index (κ2) is 4.44. The Morgan fingerprint density at radius 3 is 2.35 bits per heavy atom. The number of imidazole rings is 1. The van der Waals surface area contributed by atoms with E-state index in [2.05, 4.69) is 4.98 Å². The van der Waals surface area contributed by atoms with E-state index >= 15 is 0 Å². The first-order valence-electron chi connectivity index (χ1n) is 4.78. The van der Waals surface area contributed by atoms with Gasteiger partial charge in [-0.3, -0.25) is 4.57 Å². The van der Waals surface area contributed by atoms with E-state index < -0.39 is 11.9 Å². The van der Waals surface area contributed by atoms with E-state index in [0.29, 0.717) is 10.8 Å². The van der Waals surface area contributed by atoms with Crippen LogP contribution in [-0.4, -0.2) is 15.8 Å². The highest BCUT2D eigenvalue weighted by atomic mass is 32.2. The Balaban J connectivity index is 2.51. The quantitative estimate of drug-likeness (QED) is 0.766. The molecule has 0 aliphatic rings. The van der Waals surface area contributed by atoms with Gasteiger partial charge in [-0.1, -0.05) is 30.0 Å². The zero-order valence-electron chi connectivity index (χ0n) is 8.90. The Morgan fingerprint density at radius 2 is 1.82 bits per heavy atom. The molecule has 0 aliphatic heterocycles. The molecule has 0 aliphatic carbocycles. The lowest BCUT2D eigenvalue weighted by Crippen LogP contribution is -2.04. The van der Waals surface area contributed by atoms with Crippen LogP contribution in [-0.2, 0) is 6.18 Å². The number of halogens is 3. The third-order valence-electron chi connectivity index (χ3n) is 2.18. The molecule has 2 nitrogen and oxygen atoms in total. The van der Waals surface area contributed by atoms with Crippen molar-refractivity contribution < 1.29 is 13.2 Å². The van der Waals surface area contributed by atoms with Gasteiger partial charge in [0.05, 0.1) is 0 Å². The zero-order chi connectivity index (χ0) is 12.5. The van der Waals surface area contributed by atoms with Gasteiger partial charge < -0.3 is 0 Å². The molecule has 0 fully saturated rings. The van der Waals surface area contributed by atoms with Crippen molar-refractivity contribution >= 4 is 11.8 Å². The van der Waals surface area contributed by atoms with Crippen LogP contribution in [0.1, 0.15) is 5.69 Å². The Hall–Kier alpha value is -1.43. The van der Waals surface area contributed by atoms with Gasteiger partial charge in [-0.15, -0.1) is 0 Å². The minimum atomic E-state index is -4.41. The van der Waals surface area contributed by atoms with Crippen molar-refractivity contribution in [3.05, 3.63) is 42.2 Å². The van der Waals surface area contributed by atoms with Crippen molar-refractivity contribution in [2.75, 3.05) is 6.26 Å². The second-order valence-electron chi connectivity index (χ2n) is 3.32. The van der Waals surface area contributed by atoms with Gasteiger partial charge in [0.1, 0.15) is 0 Å². The summed E-state index contributed by atoms with van der Waals surface area (Å²) in [5.74, 6) is 0. The number of benzene rings is 1. The van der Waals surface area contributed by atoms with Gasteiger partial charge in [-0.25, -0.2) is 4.98 Å². The highest BCUT2D eigenvalue weighted by Gasteiger charge is 2.34. The smallest absolute Gasteiger partial charge is 0.294 e. The maximum absolute atomic E-state index is 12.5. The molecule has 2 aromatic rings. The molecule has 0 atom stereocenters. The molecule has 0 bridgehead atoms. The number of thioether (sulfide) groups is 1. The first-order chi connectivity index (χ1) is 8.02. The predicted molar refractivity (Wildman–Crippen MR) is 60.3 cm³/mol. The molecule has 0 amide bonds. The molecule has 6 heteroatoms. The normalized spacial score (nSPS) is 11.8. The Labute approximate surface area is 100 Å². The van der Waals surface area contributed by atoms with Crippen LogP contribution in [0.15, 0.2) is 41.7 Å². The Kier molecular flexibility index (Phi) is 3.15. The molecule has 1 heterocycles. The second-order valence-corrected chi connectivity index (χ2v) is 4.09. The topological polar surface area (TPSA) is 17.8 Å². The predicted octanol–water partition coefficient (Wildman–Crippen LogP) is 3.61. The SMILES string of the molecule is CSc1nc(C(F)(F)F)cn1-c1ccccc1. The van der Waals surface area contributed by atoms with Gasteiger partial charge in [-0.2, -0.15) is 13.2 Å². The Bertz CT molecular complexity index is 505. The average molecular weight is 258 g/mol. The summed E-state index contributed by atoms with van der Waals surface area (Å²) >= 11 is 1.18. The molecule has 1 aromatic carbocycles. The molecule has 0 radical (unpaired) electrons. The number of aromatic nitrogens is 2. The molecule has 2 rings (SSSR count). The average Bonchev–Trinajstić information content (AvgIpc) is 2.73. The molecular formula is C11H9F3N2S. The van der Waals surface area contributed by atoms with Crippen LogP contribution >= 0.6 is 11.8 Å². The van der Waals surface area contributed by atoms with Gasteiger partial charge in [0.2, 0.25) is 0 Å². The number of hydrogen-bond acceptors (Lipinski definition) is 2. The van der Waals surface area contributed by atoms with Gasteiger partial charge in [0.25, 0.3) is 0 Å². The van der Waals surface area contributed by atoms with Crippen molar-refractivity contribution in [2.24, 2.45) is 0 Å². The van der Waals surface area contributed by atoms with Gasteiger partial charge >= 0.3 is 6.18 Å². The molecular weight excluding hydrogens is 249 g/mol. The standard InChI is InChI=1S/C11H9F3N2S/c1-17-10-15-9(11(12,13)14)7-16(10)8-5-3-2-4-6-8/h2-7H,1H3. The number of nitrogens with zero attached hydrogens (tertiary/aromatic N) is 2. The van der Waals surface area contributed by atoms with Crippen molar-refractivity contribution in [1.82, 2.24) is 9.55 Å². The van der Waals surface area contributed by atoms with Crippen LogP contribution in [0.3, 0.4) is 0 Å². The summed E-state index contributed by atoms with van der Waals surface area (Å²) in [4.78, 5) is 3.58. The minimum Gasteiger partial charge on any atom is -0.294 e. The summed E-state index contributed by atoms with van der Waals surface area (Å²) in [6.45, 7) is 0. The molecule has 0 spiro atoms. The van der Waals surface area contributed by atoms with Crippen LogP contribution in [0.5, 0.6) is 0 Å². The van der Waals surface area contributed by atoms with Crippen LogP contribution in [0.4, 0.5) is 13.2 Å². The molecule has 1 aromatic heterocycles. The molecule has 0 unspecified atom stereocenters. The number of para-hydroxylation sites is 1. The fourth-order valence-corrected chi connectivity index (χ4v) is 1.96. The van der Waals surface area contributed by atoms with Crippen LogP contribution in [0.2, 0.25) is 0 Å². The van der Waals surface area contributed by atoms with Gasteiger partial charge in [0, 0.05) is 11.9 Å². The minimum absolute atomic E-state index is 0.323. The molecule has 0 saturated heterocycles. The summed E-state index contributed by atoms with van der Waals surface area (Å²) in [5, 5.41) is 0.323. The summed E-state index contributed by atoms with van der Waals surface area (Å²) in [5.41, 5.74) is -0.203. The van der Waals surface area contributed by atoms with Crippen molar-refractivity contribution in [3.63, 3.8) is 0 Å². The van der Waals surface area contributed by atoms with E-state index in [1.807, 2.05) is 6.07 Å². The van der Waals surface area contributed by atoms with E-state index in [-0.39, 0.29) is 0 Å². The largest absolute Gasteiger partial charge is 0.434 e. The highest BCUT2D eigenvalue weighted by molar-refractivity contribution is 7.98. The van der Waals surface area contributed by atoms with Gasteiger partial charge in [0.15, 0.2) is 10.9 Å². The van der Waals surface area contributed by atoms with E-state index in [1.165, 1.54) is 16.3 Å². The van der Waals surface area contributed by atoms with Gasteiger partial charge in [-0.05, 0) is 18.4 Å². The van der Waals surface area contributed by atoms with E-state index in [4.69, 9.17) is 0 Å². The fourth-order valence-electron chi connectivity index (χ4n) is 1.42. The van der Waals surface area contributed by atoms with Crippen LogP contribution in [0, 0.1) is 0 Å². The summed E-state index contributed by atoms with van der Waals surface area (Å²) in [6.07, 6.45) is -1.70. The number of alkyl halides is 3. The maximum Gasteiger partial charge on any atom is 0.434 e. The molecule has 17 heavy (non-hydrogen) atoms. The lowest BCUT2D eigenvalue weighted by Gasteiger charge is -2.04. The highest BCUT2D eigenvalue weighted by Crippen LogP contribution is 2.31. The fraction of sp³-hybridized carbons (Fsp3) is 0.182. The van der Waals surface area contributed by atoms with Crippen molar-refractivity contribution in [1.29, 1.82) is 0 Å². The first-order valence-corrected chi connectivity index (χ1v) is 6.01. The zero-order valence-corrected chi connectivity index (χ0v) is 9.72. The number of rotatable bonds is 2. The third kappa shape index (κ3) is 2.46. The summed E-state index contributed by atoms with van der Waals surface area (Å²) in [7, 11) is 0. The lowest BCUT2D eigenvalue weighted by molar-refractivity contribution is -0.141. The third-order valence-corrected chi connectivity index (χ3v) is 2.83. The van der Waals surface area contributed by atoms with Crippen LogP contribution in [0.25, 0.3) is 5.69 Å².